The molecule has 0 unspecified atom stereocenters. The molecule has 5 rings (SSSR count). The second-order valence-electron chi connectivity index (χ2n) is 7.03. The summed E-state index contributed by atoms with van der Waals surface area (Å²) in [4.78, 5) is 7.44. The summed E-state index contributed by atoms with van der Waals surface area (Å²) in [7, 11) is 0. The van der Waals surface area contributed by atoms with Crippen LogP contribution >= 0.6 is 15.9 Å². The highest BCUT2D eigenvalue weighted by Crippen LogP contribution is 2.41. The summed E-state index contributed by atoms with van der Waals surface area (Å²) in [6.07, 6.45) is 11.7. The van der Waals surface area contributed by atoms with Crippen LogP contribution in [0.25, 0.3) is 21.5 Å². The molecule has 1 aliphatic rings. The zero-order valence-corrected chi connectivity index (χ0v) is 17.1. The Morgan fingerprint density at radius 3 is 2.22 bits per heavy atom. The smallest absolute Gasteiger partial charge is 0.0451 e. The molecule has 1 atom stereocenters. The molecule has 0 spiro atoms. The van der Waals surface area contributed by atoms with Gasteiger partial charge in [0.15, 0.2) is 0 Å². The highest BCUT2D eigenvalue weighted by atomic mass is 79.9. The molecular formula is C24H23BrN2. The summed E-state index contributed by atoms with van der Waals surface area (Å²) in [5.41, 5.74) is 3.21. The van der Waals surface area contributed by atoms with E-state index in [1.54, 1.807) is 35.9 Å². The lowest BCUT2D eigenvalue weighted by atomic mass is 9.78. The third kappa shape index (κ3) is 3.61. The van der Waals surface area contributed by atoms with Gasteiger partial charge in [0, 0.05) is 29.3 Å². The van der Waals surface area contributed by atoms with Crippen molar-refractivity contribution in [3.05, 3.63) is 82.9 Å². The first-order chi connectivity index (χ1) is 13.3. The Balaban J connectivity index is 0.000000257. The van der Waals surface area contributed by atoms with Gasteiger partial charge in [-0.15, -0.1) is 0 Å². The first kappa shape index (κ1) is 18.1. The summed E-state index contributed by atoms with van der Waals surface area (Å²) < 4.78 is 1.19. The van der Waals surface area contributed by atoms with Gasteiger partial charge in [-0.25, -0.2) is 0 Å². The van der Waals surface area contributed by atoms with Crippen LogP contribution in [-0.2, 0) is 6.42 Å². The van der Waals surface area contributed by atoms with Crippen LogP contribution in [0, 0.1) is 0 Å². The number of benzene rings is 3. The zero-order valence-electron chi connectivity index (χ0n) is 15.5. The first-order valence-electron chi connectivity index (χ1n) is 9.62. The Kier molecular flexibility index (Phi) is 5.49. The monoisotopic (exact) mass is 418 g/mol. The van der Waals surface area contributed by atoms with Crippen molar-refractivity contribution in [2.75, 3.05) is 0 Å². The minimum Gasteiger partial charge on any atom is -0.262 e. The molecule has 0 fully saturated rings. The van der Waals surface area contributed by atoms with Crippen LogP contribution in [0.2, 0.25) is 0 Å². The van der Waals surface area contributed by atoms with Gasteiger partial charge in [0.2, 0.25) is 0 Å². The molecular weight excluding hydrogens is 396 g/mol. The molecule has 0 amide bonds. The predicted molar refractivity (Wildman–Crippen MR) is 117 cm³/mol. The fourth-order valence-electron chi connectivity index (χ4n) is 4.25. The maximum absolute atomic E-state index is 3.72. The number of fused-ring (bicyclic) bond motifs is 5. The van der Waals surface area contributed by atoms with Crippen LogP contribution in [0.5, 0.6) is 0 Å². The molecule has 4 aromatic rings. The normalized spacial score (nSPS) is 15.9. The molecule has 0 bridgehead atoms. The molecule has 0 radical (unpaired) electrons. The van der Waals surface area contributed by atoms with Gasteiger partial charge in [0.1, 0.15) is 0 Å². The van der Waals surface area contributed by atoms with Crippen molar-refractivity contribution in [3.63, 3.8) is 0 Å². The lowest BCUT2D eigenvalue weighted by Crippen LogP contribution is -2.09. The molecule has 1 aromatic heterocycles. The average molecular weight is 419 g/mol. The molecule has 0 N–H and O–H groups in total. The van der Waals surface area contributed by atoms with Gasteiger partial charge in [0.05, 0.1) is 0 Å². The number of aryl methyl sites for hydroxylation is 1. The summed E-state index contributed by atoms with van der Waals surface area (Å²) in [6, 6.07) is 15.8. The summed E-state index contributed by atoms with van der Waals surface area (Å²) in [6.45, 7) is 2.33. The molecule has 2 nitrogen and oxygen atoms in total. The van der Waals surface area contributed by atoms with Gasteiger partial charge >= 0.3 is 0 Å². The number of halogens is 1. The lowest BCUT2D eigenvalue weighted by Gasteiger charge is -2.26. The number of nitrogens with zero attached hydrogens (tertiary/aromatic N) is 2. The van der Waals surface area contributed by atoms with Crippen LogP contribution in [0.15, 0.2) is 71.7 Å². The SMILES string of the molecule is CC[C@H]1CCCc2ccc3c(ccc4c(Br)cccc43)c21.c1cnccn1. The van der Waals surface area contributed by atoms with Crippen LogP contribution in [0.3, 0.4) is 0 Å². The predicted octanol–water partition coefficient (Wildman–Crippen LogP) is 7.06. The molecule has 27 heavy (non-hydrogen) atoms. The van der Waals surface area contributed by atoms with Gasteiger partial charge in [-0.3, -0.25) is 9.97 Å². The van der Waals surface area contributed by atoms with E-state index in [0.29, 0.717) is 0 Å². The van der Waals surface area contributed by atoms with Crippen LogP contribution < -0.4 is 0 Å². The highest BCUT2D eigenvalue weighted by molar-refractivity contribution is 9.10. The van der Waals surface area contributed by atoms with E-state index in [4.69, 9.17) is 0 Å². The maximum atomic E-state index is 3.72. The molecule has 1 aliphatic carbocycles. The molecule has 3 aromatic carbocycles. The molecule has 136 valence electrons. The summed E-state index contributed by atoms with van der Waals surface area (Å²) in [5, 5.41) is 5.57. The van der Waals surface area contributed by atoms with Crippen LogP contribution in [0.4, 0.5) is 0 Å². The Hall–Kier alpha value is -2.26. The first-order valence-corrected chi connectivity index (χ1v) is 10.4. The minimum absolute atomic E-state index is 0.738. The molecule has 0 aliphatic heterocycles. The van der Waals surface area contributed by atoms with Crippen molar-refractivity contribution in [3.8, 4) is 0 Å². The van der Waals surface area contributed by atoms with Crippen LogP contribution in [-0.4, -0.2) is 9.97 Å². The van der Waals surface area contributed by atoms with E-state index < -0.39 is 0 Å². The second kappa shape index (κ2) is 8.18. The third-order valence-electron chi connectivity index (χ3n) is 5.51. The highest BCUT2D eigenvalue weighted by Gasteiger charge is 2.21. The van der Waals surface area contributed by atoms with Crippen molar-refractivity contribution in [1.82, 2.24) is 9.97 Å². The molecule has 3 heteroatoms. The Morgan fingerprint density at radius 1 is 0.852 bits per heavy atom. The fraction of sp³-hybridized carbons (Fsp3) is 0.250. The minimum atomic E-state index is 0.738. The van der Waals surface area contributed by atoms with Crippen molar-refractivity contribution in [2.24, 2.45) is 0 Å². The van der Waals surface area contributed by atoms with E-state index in [-0.39, 0.29) is 0 Å². The molecule has 0 saturated heterocycles. The van der Waals surface area contributed by atoms with Crippen molar-refractivity contribution >= 4 is 37.5 Å². The van der Waals surface area contributed by atoms with E-state index in [0.717, 1.165) is 5.92 Å². The molecule has 1 heterocycles. The Labute approximate surface area is 168 Å². The van der Waals surface area contributed by atoms with E-state index >= 15 is 0 Å². The van der Waals surface area contributed by atoms with Crippen molar-refractivity contribution in [1.29, 1.82) is 0 Å². The van der Waals surface area contributed by atoms with Gasteiger partial charge in [-0.1, -0.05) is 59.3 Å². The van der Waals surface area contributed by atoms with E-state index in [1.807, 2.05) is 0 Å². The van der Waals surface area contributed by atoms with Gasteiger partial charge in [-0.2, -0.15) is 0 Å². The van der Waals surface area contributed by atoms with E-state index in [1.165, 1.54) is 51.7 Å². The van der Waals surface area contributed by atoms with E-state index in [9.17, 15) is 0 Å². The Bertz CT molecular complexity index is 1030. The maximum Gasteiger partial charge on any atom is 0.0451 e. The quantitative estimate of drug-likeness (QED) is 0.309. The second-order valence-corrected chi connectivity index (χ2v) is 7.88. The fourth-order valence-corrected chi connectivity index (χ4v) is 4.75. The lowest BCUT2D eigenvalue weighted by molar-refractivity contribution is 0.544. The van der Waals surface area contributed by atoms with Gasteiger partial charge in [-0.05, 0) is 70.3 Å². The average Bonchev–Trinajstić information content (AvgIpc) is 2.74. The number of aromatic nitrogens is 2. The van der Waals surface area contributed by atoms with E-state index in [2.05, 4.69) is 75.3 Å². The third-order valence-corrected chi connectivity index (χ3v) is 6.21. The number of hydrogen-bond donors (Lipinski definition) is 0. The zero-order chi connectivity index (χ0) is 18.6. The topological polar surface area (TPSA) is 25.8 Å². The van der Waals surface area contributed by atoms with Gasteiger partial charge in [0.25, 0.3) is 0 Å². The molecule has 0 saturated carbocycles. The standard InChI is InChI=1S/C20H19Br.C4H4N2/c1-2-13-5-3-6-14-9-10-16-15-7-4-8-19(21)17(15)11-12-18(16)20(13)14;1-2-6-4-3-5-1/h4,7-13H,2-3,5-6H2,1H3;1-4H/t13-;/m0./s1. The number of rotatable bonds is 1. The largest absolute Gasteiger partial charge is 0.262 e. The van der Waals surface area contributed by atoms with Gasteiger partial charge < -0.3 is 0 Å². The number of hydrogen-bond acceptors (Lipinski definition) is 2. The van der Waals surface area contributed by atoms with Crippen molar-refractivity contribution in [2.45, 2.75) is 38.5 Å². The summed E-state index contributed by atoms with van der Waals surface area (Å²) >= 11 is 3.68. The van der Waals surface area contributed by atoms with Crippen molar-refractivity contribution < 1.29 is 0 Å². The van der Waals surface area contributed by atoms with Crippen LogP contribution in [0.1, 0.15) is 43.2 Å². The summed E-state index contributed by atoms with van der Waals surface area (Å²) in [5.74, 6) is 0.738. The Morgan fingerprint density at radius 2 is 1.52 bits per heavy atom.